The fourth-order valence-corrected chi connectivity index (χ4v) is 6.01. The number of rotatable bonds is 11. The molecule has 0 saturated carbocycles. The summed E-state index contributed by atoms with van der Waals surface area (Å²) in [7, 11) is 0. The highest BCUT2D eigenvalue weighted by atomic mass is 32.2. The Morgan fingerprint density at radius 3 is 2.41 bits per heavy atom. The highest BCUT2D eigenvalue weighted by Crippen LogP contribution is 2.31. The molecule has 8 nitrogen and oxygen atoms in total. The minimum atomic E-state index is -0.477. The largest absolute Gasteiger partial charge is 0.494 e. The molecular weight excluding hydrogens is 593 g/mol. The van der Waals surface area contributed by atoms with Crippen molar-refractivity contribution in [2.75, 3.05) is 17.2 Å². The molecule has 5 rings (SSSR count). The number of fused-ring (bicyclic) bond motifs is 1. The molecule has 0 aliphatic rings. The molecule has 10 heteroatoms. The lowest BCUT2D eigenvalue weighted by atomic mass is 10.1. The minimum Gasteiger partial charge on any atom is -0.494 e. The van der Waals surface area contributed by atoms with E-state index in [0.717, 1.165) is 26.4 Å². The average molecular weight is 623 g/mol. The Morgan fingerprint density at radius 1 is 0.909 bits per heavy atom. The monoisotopic (exact) mass is 622 g/mol. The Balaban J connectivity index is 1.25. The van der Waals surface area contributed by atoms with Crippen molar-refractivity contribution in [1.82, 2.24) is 10.3 Å². The summed E-state index contributed by atoms with van der Waals surface area (Å²) in [4.78, 5) is 44.6. The first kappa shape index (κ1) is 30.5. The molecule has 222 valence electrons. The second kappa shape index (κ2) is 14.5. The standard InChI is InChI=1S/C34H30N4O4S2/c1-3-42-26-17-18-28-30(21-26)44-34(37-28)38-31(39)22(2)43-27-16-10-15-25(20-27)35-33(41)29(19-23-11-6-4-7-12-23)36-32(40)24-13-8-5-9-14-24/h4-22H,3H2,1-2H3,(H,35,41)(H,36,40)(H,37,38,39)/b29-19-. The van der Waals surface area contributed by atoms with Crippen molar-refractivity contribution < 1.29 is 19.1 Å². The Bertz CT molecular complexity index is 1810. The van der Waals surface area contributed by atoms with E-state index in [1.807, 2.05) is 74.5 Å². The topological polar surface area (TPSA) is 109 Å². The van der Waals surface area contributed by atoms with E-state index >= 15 is 0 Å². The Hall–Kier alpha value is -4.93. The molecule has 1 atom stereocenters. The minimum absolute atomic E-state index is 0.0973. The molecule has 0 radical (unpaired) electrons. The Labute approximate surface area is 263 Å². The van der Waals surface area contributed by atoms with Gasteiger partial charge >= 0.3 is 0 Å². The summed E-state index contributed by atoms with van der Waals surface area (Å²) in [5.74, 6) is -0.298. The molecule has 0 aliphatic heterocycles. The van der Waals surface area contributed by atoms with Crippen LogP contribution in [-0.2, 0) is 9.59 Å². The van der Waals surface area contributed by atoms with Crippen LogP contribution in [0, 0.1) is 0 Å². The van der Waals surface area contributed by atoms with Crippen LogP contribution in [0.1, 0.15) is 29.8 Å². The number of carbonyl (C=O) groups excluding carboxylic acids is 3. The molecule has 4 aromatic carbocycles. The third-order valence-electron chi connectivity index (χ3n) is 6.31. The van der Waals surface area contributed by atoms with Crippen LogP contribution in [0.4, 0.5) is 10.8 Å². The zero-order valence-electron chi connectivity index (χ0n) is 24.1. The quantitative estimate of drug-likeness (QED) is 0.106. The molecular formula is C34H30N4O4S2. The highest BCUT2D eigenvalue weighted by molar-refractivity contribution is 8.00. The number of ether oxygens (including phenoxy) is 1. The van der Waals surface area contributed by atoms with Crippen LogP contribution in [0.15, 0.2) is 114 Å². The molecule has 3 amide bonds. The number of hydrogen-bond acceptors (Lipinski definition) is 7. The van der Waals surface area contributed by atoms with Gasteiger partial charge in [0, 0.05) is 16.1 Å². The van der Waals surface area contributed by atoms with Gasteiger partial charge in [-0.3, -0.25) is 14.4 Å². The van der Waals surface area contributed by atoms with E-state index < -0.39 is 17.1 Å². The van der Waals surface area contributed by atoms with Gasteiger partial charge in [0.05, 0.1) is 22.1 Å². The van der Waals surface area contributed by atoms with E-state index in [4.69, 9.17) is 4.74 Å². The van der Waals surface area contributed by atoms with Crippen molar-refractivity contribution in [3.63, 3.8) is 0 Å². The second-order valence-electron chi connectivity index (χ2n) is 9.60. The van der Waals surface area contributed by atoms with Crippen LogP contribution >= 0.6 is 23.1 Å². The van der Waals surface area contributed by atoms with Crippen LogP contribution < -0.4 is 20.7 Å². The normalized spacial score (nSPS) is 11.9. The molecule has 0 fully saturated rings. The lowest BCUT2D eigenvalue weighted by Gasteiger charge is -2.13. The number of hydrogen-bond donors (Lipinski definition) is 3. The Kier molecular flexibility index (Phi) is 10.1. The average Bonchev–Trinajstić information content (AvgIpc) is 3.43. The maximum Gasteiger partial charge on any atom is 0.272 e. The summed E-state index contributed by atoms with van der Waals surface area (Å²) < 4.78 is 6.48. The first-order valence-electron chi connectivity index (χ1n) is 13.9. The van der Waals surface area contributed by atoms with Gasteiger partial charge in [0.15, 0.2) is 5.13 Å². The van der Waals surface area contributed by atoms with Crippen molar-refractivity contribution in [2.45, 2.75) is 24.0 Å². The molecule has 3 N–H and O–H groups in total. The third-order valence-corrected chi connectivity index (χ3v) is 8.34. The van der Waals surface area contributed by atoms with Crippen molar-refractivity contribution in [3.8, 4) is 5.75 Å². The third kappa shape index (κ3) is 8.12. The predicted octanol–water partition coefficient (Wildman–Crippen LogP) is 7.22. The summed E-state index contributed by atoms with van der Waals surface area (Å²) in [5.41, 5.74) is 2.61. The molecule has 5 aromatic rings. The number of aromatic nitrogens is 1. The number of anilines is 2. The van der Waals surface area contributed by atoms with E-state index in [1.54, 1.807) is 48.5 Å². The van der Waals surface area contributed by atoms with Gasteiger partial charge in [-0.25, -0.2) is 4.98 Å². The first-order valence-corrected chi connectivity index (χ1v) is 15.6. The zero-order valence-corrected chi connectivity index (χ0v) is 25.7. The van der Waals surface area contributed by atoms with Crippen LogP contribution in [0.5, 0.6) is 5.75 Å². The van der Waals surface area contributed by atoms with Gasteiger partial charge in [-0.1, -0.05) is 65.9 Å². The van der Waals surface area contributed by atoms with Gasteiger partial charge in [-0.2, -0.15) is 0 Å². The van der Waals surface area contributed by atoms with Crippen LogP contribution in [0.3, 0.4) is 0 Å². The summed E-state index contributed by atoms with van der Waals surface area (Å²) in [5, 5.41) is 8.61. The number of thioether (sulfide) groups is 1. The molecule has 1 aromatic heterocycles. The van der Waals surface area contributed by atoms with Crippen LogP contribution in [-0.4, -0.2) is 34.6 Å². The summed E-state index contributed by atoms with van der Waals surface area (Å²) >= 11 is 2.75. The number of nitrogens with one attached hydrogen (secondary N) is 3. The fourth-order valence-electron chi connectivity index (χ4n) is 4.18. The predicted molar refractivity (Wildman–Crippen MR) is 178 cm³/mol. The lowest BCUT2D eigenvalue weighted by Crippen LogP contribution is -2.30. The molecule has 0 saturated heterocycles. The van der Waals surface area contributed by atoms with Crippen molar-refractivity contribution in [3.05, 3.63) is 120 Å². The number of thiazole rings is 1. The fraction of sp³-hybridized carbons (Fsp3) is 0.118. The maximum absolute atomic E-state index is 13.4. The van der Waals surface area contributed by atoms with Gasteiger partial charge in [0.2, 0.25) is 5.91 Å². The van der Waals surface area contributed by atoms with Gasteiger partial charge < -0.3 is 20.7 Å². The van der Waals surface area contributed by atoms with Crippen LogP contribution in [0.25, 0.3) is 16.3 Å². The lowest BCUT2D eigenvalue weighted by molar-refractivity contribution is -0.115. The molecule has 0 aliphatic carbocycles. The molecule has 1 heterocycles. The number of nitrogens with zero attached hydrogens (tertiary/aromatic N) is 1. The van der Waals surface area contributed by atoms with Crippen molar-refractivity contribution >= 4 is 67.9 Å². The number of benzene rings is 4. The first-order chi connectivity index (χ1) is 21.4. The summed E-state index contributed by atoms with van der Waals surface area (Å²) in [6, 6.07) is 30.8. The van der Waals surface area contributed by atoms with Gasteiger partial charge in [0.25, 0.3) is 11.8 Å². The van der Waals surface area contributed by atoms with Gasteiger partial charge in [-0.15, -0.1) is 11.8 Å². The summed E-state index contributed by atoms with van der Waals surface area (Å²) in [6.07, 6.45) is 1.63. The number of amides is 3. The van der Waals surface area contributed by atoms with E-state index in [-0.39, 0.29) is 11.6 Å². The molecule has 0 spiro atoms. The van der Waals surface area contributed by atoms with Crippen molar-refractivity contribution in [2.24, 2.45) is 0 Å². The SMILES string of the molecule is CCOc1ccc2nc(NC(=O)C(C)Sc3cccc(NC(=O)/C(=C/c4ccccc4)NC(=O)c4ccccc4)c3)sc2c1. The number of carbonyl (C=O) groups is 3. The van der Waals surface area contributed by atoms with Crippen LogP contribution in [0.2, 0.25) is 0 Å². The zero-order chi connectivity index (χ0) is 30.9. The maximum atomic E-state index is 13.4. The van der Waals surface area contributed by atoms with E-state index in [9.17, 15) is 14.4 Å². The molecule has 0 bridgehead atoms. The van der Waals surface area contributed by atoms with E-state index in [1.165, 1.54) is 23.1 Å². The van der Waals surface area contributed by atoms with Gasteiger partial charge in [-0.05, 0) is 74.0 Å². The highest BCUT2D eigenvalue weighted by Gasteiger charge is 2.18. The molecule has 1 unspecified atom stereocenters. The van der Waals surface area contributed by atoms with E-state index in [0.29, 0.717) is 23.0 Å². The second-order valence-corrected chi connectivity index (χ2v) is 12.0. The van der Waals surface area contributed by atoms with E-state index in [2.05, 4.69) is 20.9 Å². The van der Waals surface area contributed by atoms with Gasteiger partial charge in [0.1, 0.15) is 11.4 Å². The van der Waals surface area contributed by atoms with Crippen molar-refractivity contribution in [1.29, 1.82) is 0 Å². The smallest absolute Gasteiger partial charge is 0.272 e. The Morgan fingerprint density at radius 2 is 1.66 bits per heavy atom. The summed E-state index contributed by atoms with van der Waals surface area (Å²) in [6.45, 7) is 4.31. The molecule has 44 heavy (non-hydrogen) atoms.